The van der Waals surface area contributed by atoms with Crippen LogP contribution < -0.4 is 10.5 Å². The van der Waals surface area contributed by atoms with Gasteiger partial charge in [-0.1, -0.05) is 0 Å². The molecule has 1 atom stereocenters. The second kappa shape index (κ2) is 5.30. The summed E-state index contributed by atoms with van der Waals surface area (Å²) in [4.78, 5) is 20.9. The highest BCUT2D eigenvalue weighted by Gasteiger charge is 2.21. The first-order chi connectivity index (χ1) is 7.91. The highest BCUT2D eigenvalue weighted by atomic mass is 16.5. The van der Waals surface area contributed by atoms with E-state index in [2.05, 4.69) is 5.16 Å². The van der Waals surface area contributed by atoms with Crippen molar-refractivity contribution in [2.75, 3.05) is 6.61 Å². The first-order valence-corrected chi connectivity index (χ1v) is 4.70. The molecule has 8 heteroatoms. The standard InChI is InChI=1S/C9H12N2O6/c1-4-5(2-6(10)9(14)15)8(11-17-4)16-3-7(12)13/h6H,2-3,10H2,1H3,(H,12,13)(H,14,15)/t6-/m1/s1. The Hall–Kier alpha value is -2.09. The van der Waals surface area contributed by atoms with E-state index >= 15 is 0 Å². The third-order valence-corrected chi connectivity index (χ3v) is 2.02. The summed E-state index contributed by atoms with van der Waals surface area (Å²) in [5.41, 5.74) is 5.72. The molecule has 0 aliphatic carbocycles. The molecule has 0 aliphatic heterocycles. The molecule has 0 unspecified atom stereocenters. The molecule has 1 aromatic rings. The molecular weight excluding hydrogens is 232 g/mol. The van der Waals surface area contributed by atoms with E-state index < -0.39 is 24.6 Å². The lowest BCUT2D eigenvalue weighted by atomic mass is 10.1. The molecule has 0 spiro atoms. The van der Waals surface area contributed by atoms with Crippen LogP contribution in [-0.4, -0.2) is 40.0 Å². The fourth-order valence-corrected chi connectivity index (χ4v) is 1.15. The zero-order valence-electron chi connectivity index (χ0n) is 9.04. The van der Waals surface area contributed by atoms with Crippen LogP contribution in [0.25, 0.3) is 0 Å². The number of nitrogens with zero attached hydrogens (tertiary/aromatic N) is 1. The van der Waals surface area contributed by atoms with Crippen LogP contribution in [0.4, 0.5) is 0 Å². The van der Waals surface area contributed by atoms with Crippen molar-refractivity contribution in [2.45, 2.75) is 19.4 Å². The van der Waals surface area contributed by atoms with Gasteiger partial charge in [0.25, 0.3) is 5.88 Å². The van der Waals surface area contributed by atoms with E-state index in [0.29, 0.717) is 11.3 Å². The number of nitrogens with two attached hydrogens (primary N) is 1. The molecule has 0 fully saturated rings. The van der Waals surface area contributed by atoms with Crippen molar-refractivity contribution in [3.05, 3.63) is 11.3 Å². The Morgan fingerprint density at radius 2 is 2.18 bits per heavy atom. The SMILES string of the molecule is Cc1onc(OCC(=O)O)c1C[C@@H](N)C(=O)O. The molecule has 1 rings (SSSR count). The monoisotopic (exact) mass is 244 g/mol. The molecule has 94 valence electrons. The summed E-state index contributed by atoms with van der Waals surface area (Å²) < 4.78 is 9.64. The van der Waals surface area contributed by atoms with Crippen molar-refractivity contribution in [1.82, 2.24) is 5.16 Å². The van der Waals surface area contributed by atoms with E-state index in [1.54, 1.807) is 6.92 Å². The van der Waals surface area contributed by atoms with E-state index in [4.69, 9.17) is 25.2 Å². The van der Waals surface area contributed by atoms with Crippen LogP contribution in [0.15, 0.2) is 4.52 Å². The van der Waals surface area contributed by atoms with Crippen molar-refractivity contribution < 1.29 is 29.1 Å². The molecule has 0 bridgehead atoms. The predicted molar refractivity (Wildman–Crippen MR) is 53.7 cm³/mol. The third-order valence-electron chi connectivity index (χ3n) is 2.02. The fraction of sp³-hybridized carbons (Fsp3) is 0.444. The van der Waals surface area contributed by atoms with Crippen LogP contribution in [-0.2, 0) is 16.0 Å². The minimum atomic E-state index is -1.17. The Morgan fingerprint density at radius 1 is 1.53 bits per heavy atom. The molecule has 1 heterocycles. The maximum absolute atomic E-state index is 10.6. The van der Waals surface area contributed by atoms with Crippen molar-refractivity contribution in [2.24, 2.45) is 5.73 Å². The summed E-state index contributed by atoms with van der Waals surface area (Å²) in [6.07, 6.45) is -0.0420. The average molecular weight is 244 g/mol. The summed E-state index contributed by atoms with van der Waals surface area (Å²) in [6, 6.07) is -1.12. The minimum absolute atomic E-state index is 0.0402. The van der Waals surface area contributed by atoms with Gasteiger partial charge in [0, 0.05) is 6.42 Å². The molecule has 0 radical (unpaired) electrons. The van der Waals surface area contributed by atoms with Gasteiger partial charge < -0.3 is 25.2 Å². The van der Waals surface area contributed by atoms with Crippen LogP contribution in [0, 0.1) is 6.92 Å². The fourth-order valence-electron chi connectivity index (χ4n) is 1.15. The Kier molecular flexibility index (Phi) is 4.05. The van der Waals surface area contributed by atoms with Gasteiger partial charge in [-0.2, -0.15) is 0 Å². The van der Waals surface area contributed by atoms with Gasteiger partial charge in [0.15, 0.2) is 6.61 Å². The van der Waals surface area contributed by atoms with Gasteiger partial charge in [-0.25, -0.2) is 4.79 Å². The minimum Gasteiger partial charge on any atom is -0.480 e. The van der Waals surface area contributed by atoms with Crippen molar-refractivity contribution in [3.8, 4) is 5.88 Å². The summed E-state index contributed by atoms with van der Waals surface area (Å²) in [7, 11) is 0. The van der Waals surface area contributed by atoms with E-state index in [-0.39, 0.29) is 12.3 Å². The van der Waals surface area contributed by atoms with Crippen molar-refractivity contribution >= 4 is 11.9 Å². The van der Waals surface area contributed by atoms with Gasteiger partial charge in [-0.3, -0.25) is 4.79 Å². The van der Waals surface area contributed by atoms with Crippen LogP contribution in [0.5, 0.6) is 5.88 Å². The van der Waals surface area contributed by atoms with Crippen LogP contribution in [0.2, 0.25) is 0 Å². The Balaban J connectivity index is 2.79. The lowest BCUT2D eigenvalue weighted by molar-refractivity contribution is -0.140. The van der Waals surface area contributed by atoms with E-state index in [0.717, 1.165) is 0 Å². The number of aryl methyl sites for hydroxylation is 1. The van der Waals surface area contributed by atoms with Crippen LogP contribution in [0.3, 0.4) is 0 Å². The molecule has 8 nitrogen and oxygen atoms in total. The van der Waals surface area contributed by atoms with Gasteiger partial charge >= 0.3 is 11.9 Å². The van der Waals surface area contributed by atoms with Crippen molar-refractivity contribution in [1.29, 1.82) is 0 Å². The molecule has 0 saturated heterocycles. The maximum Gasteiger partial charge on any atom is 0.341 e. The van der Waals surface area contributed by atoms with Gasteiger partial charge in [0.2, 0.25) is 0 Å². The van der Waals surface area contributed by atoms with Gasteiger partial charge in [0.05, 0.1) is 5.56 Å². The highest BCUT2D eigenvalue weighted by Crippen LogP contribution is 2.22. The maximum atomic E-state index is 10.6. The number of rotatable bonds is 6. The number of hydrogen-bond acceptors (Lipinski definition) is 6. The second-order valence-electron chi connectivity index (χ2n) is 3.35. The smallest absolute Gasteiger partial charge is 0.341 e. The number of carbonyl (C=O) groups is 2. The topological polar surface area (TPSA) is 136 Å². The average Bonchev–Trinajstić information content (AvgIpc) is 2.57. The Bertz CT molecular complexity index is 427. The lowest BCUT2D eigenvalue weighted by Crippen LogP contribution is -2.32. The first-order valence-electron chi connectivity index (χ1n) is 4.70. The van der Waals surface area contributed by atoms with Gasteiger partial charge in [-0.05, 0) is 12.1 Å². The molecule has 0 saturated carbocycles. The van der Waals surface area contributed by atoms with Crippen LogP contribution >= 0.6 is 0 Å². The lowest BCUT2D eigenvalue weighted by Gasteiger charge is -2.06. The second-order valence-corrected chi connectivity index (χ2v) is 3.35. The zero-order valence-corrected chi connectivity index (χ0v) is 9.04. The summed E-state index contributed by atoms with van der Waals surface area (Å²) >= 11 is 0. The Morgan fingerprint density at radius 3 is 2.71 bits per heavy atom. The Labute approximate surface area is 96.0 Å². The number of ether oxygens (including phenoxy) is 1. The molecule has 1 aromatic heterocycles. The van der Waals surface area contributed by atoms with E-state index in [1.165, 1.54) is 0 Å². The largest absolute Gasteiger partial charge is 0.480 e. The predicted octanol–water partition coefficient (Wildman–Crippen LogP) is -0.599. The van der Waals surface area contributed by atoms with Gasteiger partial charge in [0.1, 0.15) is 11.8 Å². The molecule has 0 amide bonds. The number of hydrogen-bond donors (Lipinski definition) is 3. The normalized spacial score (nSPS) is 12.1. The summed E-state index contributed by atoms with van der Waals surface area (Å²) in [5, 5.41) is 20.6. The van der Waals surface area contributed by atoms with Crippen molar-refractivity contribution in [3.63, 3.8) is 0 Å². The molecule has 0 aromatic carbocycles. The van der Waals surface area contributed by atoms with E-state index in [9.17, 15) is 9.59 Å². The molecule has 4 N–H and O–H groups in total. The number of aliphatic carboxylic acids is 2. The molecular formula is C9H12N2O6. The third kappa shape index (κ3) is 3.45. The summed E-state index contributed by atoms with van der Waals surface area (Å²) in [5.74, 6) is -2.03. The zero-order chi connectivity index (χ0) is 13.0. The number of carboxylic acid groups (broad SMARTS) is 2. The summed E-state index contributed by atoms with van der Waals surface area (Å²) in [6.45, 7) is 0.978. The van der Waals surface area contributed by atoms with Crippen LogP contribution in [0.1, 0.15) is 11.3 Å². The quantitative estimate of drug-likeness (QED) is 0.603. The van der Waals surface area contributed by atoms with Gasteiger partial charge in [-0.15, -0.1) is 0 Å². The molecule has 17 heavy (non-hydrogen) atoms. The number of aromatic nitrogens is 1. The highest BCUT2D eigenvalue weighted by molar-refractivity contribution is 5.73. The van der Waals surface area contributed by atoms with E-state index in [1.807, 2.05) is 0 Å². The number of carboxylic acids is 2. The molecule has 0 aliphatic rings. The first kappa shape index (κ1) is 13.0.